The first-order valence-corrected chi connectivity index (χ1v) is 9.34. The van der Waals surface area contributed by atoms with E-state index in [-0.39, 0.29) is 24.1 Å². The molecule has 8 heteroatoms. The average molecular weight is 365 g/mol. The van der Waals surface area contributed by atoms with Crippen LogP contribution in [-0.4, -0.2) is 38.8 Å². The Hall–Kier alpha value is -0.820. The molecule has 1 saturated heterocycles. The van der Waals surface area contributed by atoms with Crippen LogP contribution in [0.3, 0.4) is 0 Å². The second kappa shape index (κ2) is 7.17. The molecule has 1 aliphatic rings. The van der Waals surface area contributed by atoms with Gasteiger partial charge in [-0.15, -0.1) is 0 Å². The number of hydrogen-bond donors (Lipinski definition) is 1. The maximum absolute atomic E-state index is 12.6. The number of carbonyl (C=O) groups is 1. The van der Waals surface area contributed by atoms with Crippen molar-refractivity contribution in [2.75, 3.05) is 20.1 Å². The van der Waals surface area contributed by atoms with Gasteiger partial charge in [-0.2, -0.15) is 0 Å². The first kappa shape index (κ1) is 17.5. The second-order valence-corrected chi connectivity index (χ2v) is 8.05. The normalized spacial score (nSPS) is 19.9. The zero-order chi connectivity index (χ0) is 16.3. The maximum Gasteiger partial charge on any atom is 0.224 e. The summed E-state index contributed by atoms with van der Waals surface area (Å²) in [5, 5.41) is 3.23. The summed E-state index contributed by atoms with van der Waals surface area (Å²) < 4.78 is 26.5. The van der Waals surface area contributed by atoms with Gasteiger partial charge < -0.3 is 5.32 Å². The third-order valence-corrected chi connectivity index (χ3v) is 6.26. The van der Waals surface area contributed by atoms with Gasteiger partial charge in [-0.3, -0.25) is 4.79 Å². The van der Waals surface area contributed by atoms with Crippen molar-refractivity contribution >= 4 is 39.1 Å². The molecule has 1 atom stereocenters. The van der Waals surface area contributed by atoms with Crippen LogP contribution in [0.2, 0.25) is 10.0 Å². The summed E-state index contributed by atoms with van der Waals surface area (Å²) in [5.41, 5.74) is 0.396. The molecule has 0 unspecified atom stereocenters. The largest absolute Gasteiger partial charge is 0.359 e. The van der Waals surface area contributed by atoms with E-state index in [1.54, 1.807) is 25.2 Å². The summed E-state index contributed by atoms with van der Waals surface area (Å²) in [7, 11) is -2.02. The number of nitrogens with one attached hydrogen (secondary N) is 1. The maximum atomic E-state index is 12.6. The van der Waals surface area contributed by atoms with E-state index in [0.717, 1.165) is 0 Å². The van der Waals surface area contributed by atoms with Gasteiger partial charge in [0.15, 0.2) is 0 Å². The quantitative estimate of drug-likeness (QED) is 0.890. The molecule has 2 rings (SSSR count). The lowest BCUT2D eigenvalue weighted by atomic mass is 9.99. The molecule has 0 radical (unpaired) electrons. The molecule has 0 aliphatic carbocycles. The van der Waals surface area contributed by atoms with E-state index in [1.165, 1.54) is 4.31 Å². The lowest BCUT2D eigenvalue weighted by Crippen LogP contribution is -2.45. The molecule has 0 aromatic heterocycles. The molecular weight excluding hydrogens is 347 g/mol. The highest BCUT2D eigenvalue weighted by atomic mass is 35.5. The molecule has 5 nitrogen and oxygen atoms in total. The summed E-state index contributed by atoms with van der Waals surface area (Å²) in [4.78, 5) is 11.7. The number of hydrogen-bond acceptors (Lipinski definition) is 3. The number of amides is 1. The molecule has 22 heavy (non-hydrogen) atoms. The fourth-order valence-electron chi connectivity index (χ4n) is 2.56. The van der Waals surface area contributed by atoms with Crippen molar-refractivity contribution in [2.45, 2.75) is 18.6 Å². The highest BCUT2D eigenvalue weighted by Crippen LogP contribution is 2.28. The zero-order valence-electron chi connectivity index (χ0n) is 12.2. The van der Waals surface area contributed by atoms with Crippen molar-refractivity contribution in [1.82, 2.24) is 9.62 Å². The number of sulfonamides is 1. The smallest absolute Gasteiger partial charge is 0.224 e. The molecule has 1 amide bonds. The minimum atomic E-state index is -3.57. The van der Waals surface area contributed by atoms with Gasteiger partial charge in [0, 0.05) is 35.7 Å². The third-order valence-electron chi connectivity index (χ3n) is 3.78. The Morgan fingerprint density at radius 3 is 2.59 bits per heavy atom. The van der Waals surface area contributed by atoms with Crippen molar-refractivity contribution in [3.63, 3.8) is 0 Å². The topological polar surface area (TPSA) is 66.5 Å². The number of rotatable bonds is 4. The molecule has 1 heterocycles. The first-order valence-electron chi connectivity index (χ1n) is 6.97. The lowest BCUT2D eigenvalue weighted by Gasteiger charge is -2.31. The van der Waals surface area contributed by atoms with Crippen molar-refractivity contribution < 1.29 is 13.2 Å². The van der Waals surface area contributed by atoms with E-state index in [9.17, 15) is 13.2 Å². The van der Waals surface area contributed by atoms with Gasteiger partial charge in [0.25, 0.3) is 0 Å². The highest BCUT2D eigenvalue weighted by Gasteiger charge is 2.32. The van der Waals surface area contributed by atoms with Crippen molar-refractivity contribution in [1.29, 1.82) is 0 Å². The van der Waals surface area contributed by atoms with Gasteiger partial charge >= 0.3 is 0 Å². The lowest BCUT2D eigenvalue weighted by molar-refractivity contribution is -0.125. The van der Waals surface area contributed by atoms with Crippen LogP contribution >= 0.6 is 23.2 Å². The predicted octanol–water partition coefficient (Wildman–Crippen LogP) is 2.28. The summed E-state index contributed by atoms with van der Waals surface area (Å²) in [6.45, 7) is 0.613. The van der Waals surface area contributed by atoms with E-state index in [2.05, 4.69) is 5.32 Å². The molecule has 1 fully saturated rings. The van der Waals surface area contributed by atoms with E-state index >= 15 is 0 Å². The Kier molecular flexibility index (Phi) is 5.71. The van der Waals surface area contributed by atoms with Crippen LogP contribution in [0.5, 0.6) is 0 Å². The van der Waals surface area contributed by atoms with Crippen LogP contribution in [0.15, 0.2) is 18.2 Å². The monoisotopic (exact) mass is 364 g/mol. The summed E-state index contributed by atoms with van der Waals surface area (Å²) in [5.74, 6) is -0.697. The van der Waals surface area contributed by atoms with Gasteiger partial charge in [0.05, 0.1) is 11.7 Å². The van der Waals surface area contributed by atoms with Gasteiger partial charge in [0.2, 0.25) is 15.9 Å². The Labute approximate surface area is 140 Å². The van der Waals surface area contributed by atoms with Gasteiger partial charge in [-0.1, -0.05) is 29.3 Å². The van der Waals surface area contributed by atoms with Crippen LogP contribution in [-0.2, 0) is 20.6 Å². The predicted molar refractivity (Wildman–Crippen MR) is 87.4 cm³/mol. The molecule has 0 spiro atoms. The number of carbonyl (C=O) groups excluding carboxylic acids is 1. The average Bonchev–Trinajstić information content (AvgIpc) is 2.50. The summed E-state index contributed by atoms with van der Waals surface area (Å²) >= 11 is 12.1. The van der Waals surface area contributed by atoms with Crippen molar-refractivity contribution in [3.05, 3.63) is 33.8 Å². The second-order valence-electron chi connectivity index (χ2n) is 5.27. The fraction of sp³-hybridized carbons (Fsp3) is 0.500. The van der Waals surface area contributed by atoms with Gasteiger partial charge in [0.1, 0.15) is 0 Å². The Bertz CT molecular complexity index is 644. The highest BCUT2D eigenvalue weighted by molar-refractivity contribution is 7.88. The summed E-state index contributed by atoms with van der Waals surface area (Å²) in [6.07, 6.45) is 1.35. The van der Waals surface area contributed by atoms with E-state index in [0.29, 0.717) is 35.0 Å². The minimum Gasteiger partial charge on any atom is -0.359 e. The molecule has 0 bridgehead atoms. The van der Waals surface area contributed by atoms with Crippen LogP contribution < -0.4 is 5.32 Å². The fourth-order valence-corrected chi connectivity index (χ4v) is 4.92. The minimum absolute atomic E-state index is 0.129. The van der Waals surface area contributed by atoms with E-state index < -0.39 is 10.0 Å². The van der Waals surface area contributed by atoms with Crippen LogP contribution in [0.1, 0.15) is 18.4 Å². The first-order chi connectivity index (χ1) is 10.3. The van der Waals surface area contributed by atoms with Gasteiger partial charge in [-0.25, -0.2) is 12.7 Å². The SMILES string of the molecule is CNC(=O)[C@@H]1CCCN(S(=O)(=O)Cc2c(Cl)cccc2Cl)C1. The Balaban J connectivity index is 2.18. The molecule has 122 valence electrons. The van der Waals surface area contributed by atoms with Crippen LogP contribution in [0.25, 0.3) is 0 Å². The van der Waals surface area contributed by atoms with Crippen LogP contribution in [0.4, 0.5) is 0 Å². The Morgan fingerprint density at radius 1 is 1.36 bits per heavy atom. The zero-order valence-corrected chi connectivity index (χ0v) is 14.5. The molecule has 1 aromatic rings. The van der Waals surface area contributed by atoms with E-state index in [4.69, 9.17) is 23.2 Å². The van der Waals surface area contributed by atoms with Crippen molar-refractivity contribution in [3.8, 4) is 0 Å². The molecule has 0 saturated carbocycles. The number of halogens is 2. The molecule has 1 N–H and O–H groups in total. The number of benzene rings is 1. The standard InChI is InChI=1S/C14H18Cl2N2O3S/c1-17-14(19)10-4-3-7-18(8-10)22(20,21)9-11-12(15)5-2-6-13(11)16/h2,5-6,10H,3-4,7-9H2,1H3,(H,17,19)/t10-/m1/s1. The number of piperidine rings is 1. The van der Waals surface area contributed by atoms with Gasteiger partial charge in [-0.05, 0) is 25.0 Å². The molecule has 1 aliphatic heterocycles. The van der Waals surface area contributed by atoms with E-state index in [1.807, 2.05) is 0 Å². The molecule has 1 aromatic carbocycles. The summed E-state index contributed by atoms with van der Waals surface area (Å²) in [6, 6.07) is 4.90. The molecular formula is C14H18Cl2N2O3S. The number of nitrogens with zero attached hydrogens (tertiary/aromatic N) is 1. The van der Waals surface area contributed by atoms with Crippen LogP contribution in [0, 0.1) is 5.92 Å². The third kappa shape index (κ3) is 3.93. The van der Waals surface area contributed by atoms with Crippen molar-refractivity contribution in [2.24, 2.45) is 5.92 Å². The Morgan fingerprint density at radius 2 is 2.00 bits per heavy atom.